The molecule has 1 unspecified atom stereocenters. The molecule has 5 heteroatoms. The molecule has 0 radical (unpaired) electrons. The number of aromatic nitrogens is 1. The Bertz CT molecular complexity index is 320. The third-order valence-electron chi connectivity index (χ3n) is 2.00. The molecule has 0 amide bonds. The smallest absolute Gasteiger partial charge is 0.140 e. The molecule has 1 heterocycles. The lowest BCUT2D eigenvalue weighted by atomic mass is 10.2. The summed E-state index contributed by atoms with van der Waals surface area (Å²) in [6.07, 6.45) is 2.57. The van der Waals surface area contributed by atoms with E-state index >= 15 is 0 Å². The lowest BCUT2D eigenvalue weighted by Crippen LogP contribution is -2.18. The van der Waals surface area contributed by atoms with Crippen LogP contribution in [0.3, 0.4) is 0 Å². The van der Waals surface area contributed by atoms with E-state index in [1.165, 1.54) is 0 Å². The minimum atomic E-state index is 0.317. The Kier molecular flexibility index (Phi) is 4.84. The van der Waals surface area contributed by atoms with E-state index in [-0.39, 0.29) is 0 Å². The summed E-state index contributed by atoms with van der Waals surface area (Å²) < 4.78 is 5.89. The topological polar surface area (TPSA) is 60.2 Å². The van der Waals surface area contributed by atoms with Gasteiger partial charge in [0.05, 0.1) is 16.4 Å². The van der Waals surface area contributed by atoms with Crippen LogP contribution in [0.4, 0.5) is 11.5 Å². The number of nitrogens with one attached hydrogen (secondary N) is 1. The first-order valence-corrected chi connectivity index (χ1v) is 5.59. The zero-order valence-corrected chi connectivity index (χ0v) is 10.5. The minimum Gasteiger partial charge on any atom is -0.397 e. The van der Waals surface area contributed by atoms with Crippen LogP contribution < -0.4 is 11.1 Å². The highest BCUT2D eigenvalue weighted by atomic mass is 79.9. The van der Waals surface area contributed by atoms with E-state index in [1.54, 1.807) is 13.3 Å². The second-order valence-corrected chi connectivity index (χ2v) is 4.28. The lowest BCUT2D eigenvalue weighted by molar-refractivity contribution is 0.191. The van der Waals surface area contributed by atoms with Gasteiger partial charge in [0.15, 0.2) is 0 Å². The highest BCUT2D eigenvalue weighted by Gasteiger charge is 2.06. The molecule has 0 spiro atoms. The standard InChI is InChI=1S/C10H16BrN3O/c1-7(3-4-15-2)14-10-9(11)5-8(12)6-13-10/h5-7H,3-4,12H2,1-2H3,(H,13,14). The Morgan fingerprint density at radius 1 is 1.67 bits per heavy atom. The van der Waals surface area contributed by atoms with Crippen molar-refractivity contribution < 1.29 is 4.74 Å². The van der Waals surface area contributed by atoms with E-state index in [0.717, 1.165) is 23.3 Å². The maximum Gasteiger partial charge on any atom is 0.140 e. The lowest BCUT2D eigenvalue weighted by Gasteiger charge is -2.15. The maximum atomic E-state index is 5.60. The Morgan fingerprint density at radius 3 is 3.00 bits per heavy atom. The average Bonchev–Trinajstić information content (AvgIpc) is 2.19. The van der Waals surface area contributed by atoms with Crippen LogP contribution in [0.1, 0.15) is 13.3 Å². The Hall–Kier alpha value is -0.810. The van der Waals surface area contributed by atoms with Crippen LogP contribution in [0.5, 0.6) is 0 Å². The van der Waals surface area contributed by atoms with Crippen LogP contribution in [0.15, 0.2) is 16.7 Å². The van der Waals surface area contributed by atoms with E-state index in [1.807, 2.05) is 6.07 Å². The number of rotatable bonds is 5. The number of halogens is 1. The fraction of sp³-hybridized carbons (Fsp3) is 0.500. The van der Waals surface area contributed by atoms with Crippen molar-refractivity contribution in [1.82, 2.24) is 4.98 Å². The summed E-state index contributed by atoms with van der Waals surface area (Å²) in [5.74, 6) is 0.813. The van der Waals surface area contributed by atoms with Gasteiger partial charge < -0.3 is 15.8 Å². The first kappa shape index (κ1) is 12.3. The molecular weight excluding hydrogens is 258 g/mol. The molecule has 0 aromatic carbocycles. The summed E-state index contributed by atoms with van der Waals surface area (Å²) in [4.78, 5) is 4.20. The van der Waals surface area contributed by atoms with Gasteiger partial charge in [0.25, 0.3) is 0 Å². The summed E-state index contributed by atoms with van der Waals surface area (Å²) in [5, 5.41) is 3.28. The third-order valence-corrected chi connectivity index (χ3v) is 2.60. The fourth-order valence-electron chi connectivity index (χ4n) is 1.16. The number of nitrogen functional groups attached to an aromatic ring is 1. The number of nitrogens with zero attached hydrogens (tertiary/aromatic N) is 1. The van der Waals surface area contributed by atoms with Crippen molar-refractivity contribution in [3.05, 3.63) is 16.7 Å². The Morgan fingerprint density at radius 2 is 2.40 bits per heavy atom. The van der Waals surface area contributed by atoms with Crippen LogP contribution in [0, 0.1) is 0 Å². The van der Waals surface area contributed by atoms with E-state index in [9.17, 15) is 0 Å². The monoisotopic (exact) mass is 273 g/mol. The van der Waals surface area contributed by atoms with Gasteiger partial charge >= 0.3 is 0 Å². The van der Waals surface area contributed by atoms with Gasteiger partial charge in [-0.05, 0) is 35.3 Å². The SMILES string of the molecule is COCCC(C)Nc1ncc(N)cc1Br. The van der Waals surface area contributed by atoms with Crippen LogP contribution in [-0.4, -0.2) is 24.7 Å². The van der Waals surface area contributed by atoms with Gasteiger partial charge in [-0.25, -0.2) is 4.98 Å². The van der Waals surface area contributed by atoms with Gasteiger partial charge in [0.2, 0.25) is 0 Å². The van der Waals surface area contributed by atoms with Crippen molar-refractivity contribution in [3.8, 4) is 0 Å². The number of nitrogens with two attached hydrogens (primary N) is 1. The molecular formula is C10H16BrN3O. The maximum absolute atomic E-state index is 5.60. The molecule has 3 N–H and O–H groups in total. The number of hydrogen-bond donors (Lipinski definition) is 2. The first-order valence-electron chi connectivity index (χ1n) is 4.80. The van der Waals surface area contributed by atoms with Gasteiger partial charge in [-0.15, -0.1) is 0 Å². The molecule has 15 heavy (non-hydrogen) atoms. The second-order valence-electron chi connectivity index (χ2n) is 3.43. The average molecular weight is 274 g/mol. The van der Waals surface area contributed by atoms with Crippen molar-refractivity contribution >= 4 is 27.4 Å². The van der Waals surface area contributed by atoms with E-state index in [0.29, 0.717) is 11.7 Å². The van der Waals surface area contributed by atoms with Crippen LogP contribution >= 0.6 is 15.9 Å². The molecule has 0 aliphatic rings. The number of pyridine rings is 1. The zero-order chi connectivity index (χ0) is 11.3. The molecule has 0 bridgehead atoms. The molecule has 0 aliphatic carbocycles. The number of ether oxygens (including phenoxy) is 1. The van der Waals surface area contributed by atoms with Gasteiger partial charge in [0.1, 0.15) is 5.82 Å². The molecule has 4 nitrogen and oxygen atoms in total. The zero-order valence-electron chi connectivity index (χ0n) is 8.96. The van der Waals surface area contributed by atoms with Gasteiger partial charge in [-0.3, -0.25) is 0 Å². The molecule has 1 aromatic heterocycles. The van der Waals surface area contributed by atoms with Crippen molar-refractivity contribution in [1.29, 1.82) is 0 Å². The highest BCUT2D eigenvalue weighted by molar-refractivity contribution is 9.10. The number of hydrogen-bond acceptors (Lipinski definition) is 4. The van der Waals surface area contributed by atoms with E-state index in [4.69, 9.17) is 10.5 Å². The normalized spacial score (nSPS) is 12.5. The van der Waals surface area contributed by atoms with E-state index in [2.05, 4.69) is 33.2 Å². The number of methoxy groups -OCH3 is 1. The molecule has 1 rings (SSSR count). The molecule has 84 valence electrons. The van der Waals surface area contributed by atoms with Crippen LogP contribution in [0.2, 0.25) is 0 Å². The molecule has 0 aliphatic heterocycles. The van der Waals surface area contributed by atoms with E-state index < -0.39 is 0 Å². The van der Waals surface area contributed by atoms with Gasteiger partial charge in [-0.1, -0.05) is 0 Å². The fourth-order valence-corrected chi connectivity index (χ4v) is 1.64. The third kappa shape index (κ3) is 4.05. The predicted molar refractivity (Wildman–Crippen MR) is 65.9 cm³/mol. The van der Waals surface area contributed by atoms with Crippen LogP contribution in [0.25, 0.3) is 0 Å². The Labute approximate surface area is 98.3 Å². The molecule has 1 atom stereocenters. The summed E-state index contributed by atoms with van der Waals surface area (Å²) in [6.45, 7) is 2.82. The van der Waals surface area contributed by atoms with Gasteiger partial charge in [0, 0.05) is 19.8 Å². The van der Waals surface area contributed by atoms with Crippen molar-refractivity contribution in [2.75, 3.05) is 24.8 Å². The summed E-state index contributed by atoms with van der Waals surface area (Å²) in [6, 6.07) is 2.15. The molecule has 1 aromatic rings. The summed E-state index contributed by atoms with van der Waals surface area (Å²) >= 11 is 3.41. The largest absolute Gasteiger partial charge is 0.397 e. The summed E-state index contributed by atoms with van der Waals surface area (Å²) in [5.41, 5.74) is 6.25. The van der Waals surface area contributed by atoms with Crippen LogP contribution in [-0.2, 0) is 4.74 Å². The number of anilines is 2. The first-order chi connectivity index (χ1) is 7.13. The predicted octanol–water partition coefficient (Wildman–Crippen LogP) is 2.26. The Balaban J connectivity index is 2.56. The van der Waals surface area contributed by atoms with Crippen molar-refractivity contribution in [2.24, 2.45) is 0 Å². The second kappa shape index (κ2) is 5.92. The minimum absolute atomic E-state index is 0.317. The quantitative estimate of drug-likeness (QED) is 0.864. The molecule has 0 saturated heterocycles. The van der Waals surface area contributed by atoms with Crippen molar-refractivity contribution in [3.63, 3.8) is 0 Å². The molecule has 0 fully saturated rings. The molecule has 0 saturated carbocycles. The van der Waals surface area contributed by atoms with Gasteiger partial charge in [-0.2, -0.15) is 0 Å². The van der Waals surface area contributed by atoms with Crippen molar-refractivity contribution in [2.45, 2.75) is 19.4 Å². The highest BCUT2D eigenvalue weighted by Crippen LogP contribution is 2.22. The summed E-state index contributed by atoms with van der Waals surface area (Å²) in [7, 11) is 1.70.